The molecule has 0 spiro atoms. The van der Waals surface area contributed by atoms with E-state index in [1.807, 2.05) is 6.07 Å². The molecule has 1 aliphatic heterocycles. The Balaban J connectivity index is 1.78. The lowest BCUT2D eigenvalue weighted by molar-refractivity contribution is 0.312. The SMILES string of the molecule is CC(C)c1ccccc1Nc1cc(N2CCN(C)CC2)ncn1. The maximum absolute atomic E-state index is 4.44. The minimum Gasteiger partial charge on any atom is -0.354 e. The van der Waals surface area contributed by atoms with Crippen molar-refractivity contribution in [3.8, 4) is 0 Å². The second-order valence-electron chi connectivity index (χ2n) is 6.42. The Bertz CT molecular complexity index is 647. The van der Waals surface area contributed by atoms with Crippen LogP contribution in [0.3, 0.4) is 0 Å². The van der Waals surface area contributed by atoms with Crippen molar-refractivity contribution in [1.82, 2.24) is 14.9 Å². The highest BCUT2D eigenvalue weighted by Gasteiger charge is 2.16. The minimum atomic E-state index is 0.470. The second-order valence-corrected chi connectivity index (χ2v) is 6.42. The normalized spacial score (nSPS) is 15.9. The monoisotopic (exact) mass is 311 g/mol. The molecule has 23 heavy (non-hydrogen) atoms. The van der Waals surface area contributed by atoms with Gasteiger partial charge in [-0.05, 0) is 24.6 Å². The predicted molar refractivity (Wildman–Crippen MR) is 95.6 cm³/mol. The summed E-state index contributed by atoms with van der Waals surface area (Å²) < 4.78 is 0. The summed E-state index contributed by atoms with van der Waals surface area (Å²) in [5.74, 6) is 2.32. The van der Waals surface area contributed by atoms with Crippen LogP contribution in [0.2, 0.25) is 0 Å². The van der Waals surface area contributed by atoms with Crippen LogP contribution in [0.15, 0.2) is 36.7 Å². The number of hydrogen-bond acceptors (Lipinski definition) is 5. The highest BCUT2D eigenvalue weighted by atomic mass is 15.3. The van der Waals surface area contributed by atoms with Crippen LogP contribution in [0, 0.1) is 0 Å². The summed E-state index contributed by atoms with van der Waals surface area (Å²) in [5, 5.41) is 3.45. The van der Waals surface area contributed by atoms with Crippen molar-refractivity contribution in [2.75, 3.05) is 43.4 Å². The van der Waals surface area contributed by atoms with Gasteiger partial charge in [-0.2, -0.15) is 0 Å². The molecule has 0 aliphatic carbocycles. The van der Waals surface area contributed by atoms with E-state index in [0.29, 0.717) is 5.92 Å². The first-order valence-corrected chi connectivity index (χ1v) is 8.25. The largest absolute Gasteiger partial charge is 0.354 e. The van der Waals surface area contributed by atoms with Gasteiger partial charge in [-0.15, -0.1) is 0 Å². The summed E-state index contributed by atoms with van der Waals surface area (Å²) in [6.45, 7) is 8.57. The molecule has 1 aromatic carbocycles. The lowest BCUT2D eigenvalue weighted by Gasteiger charge is -2.33. The zero-order valence-corrected chi connectivity index (χ0v) is 14.2. The third kappa shape index (κ3) is 3.79. The summed E-state index contributed by atoms with van der Waals surface area (Å²) >= 11 is 0. The number of nitrogens with zero attached hydrogens (tertiary/aromatic N) is 4. The van der Waals surface area contributed by atoms with E-state index in [9.17, 15) is 0 Å². The van der Waals surface area contributed by atoms with Crippen LogP contribution in [0.5, 0.6) is 0 Å². The van der Waals surface area contributed by atoms with E-state index in [-0.39, 0.29) is 0 Å². The topological polar surface area (TPSA) is 44.3 Å². The summed E-state index contributed by atoms with van der Waals surface area (Å²) in [6, 6.07) is 10.4. The van der Waals surface area contributed by atoms with Crippen LogP contribution in [0.1, 0.15) is 25.3 Å². The highest BCUT2D eigenvalue weighted by molar-refractivity contribution is 5.63. The third-order valence-electron chi connectivity index (χ3n) is 4.33. The van der Waals surface area contributed by atoms with Gasteiger partial charge in [-0.25, -0.2) is 9.97 Å². The Morgan fingerprint density at radius 1 is 1.04 bits per heavy atom. The van der Waals surface area contributed by atoms with E-state index >= 15 is 0 Å². The Labute approximate surface area is 138 Å². The van der Waals surface area contributed by atoms with Crippen molar-refractivity contribution in [2.45, 2.75) is 19.8 Å². The third-order valence-corrected chi connectivity index (χ3v) is 4.33. The smallest absolute Gasteiger partial charge is 0.135 e. The van der Waals surface area contributed by atoms with Crippen molar-refractivity contribution >= 4 is 17.3 Å². The number of piperazine rings is 1. The number of para-hydroxylation sites is 1. The first-order chi connectivity index (χ1) is 11.1. The zero-order valence-electron chi connectivity index (χ0n) is 14.2. The van der Waals surface area contributed by atoms with Gasteiger partial charge in [-0.1, -0.05) is 32.0 Å². The van der Waals surface area contributed by atoms with Gasteiger partial charge in [0.1, 0.15) is 18.0 Å². The van der Waals surface area contributed by atoms with Crippen LogP contribution >= 0.6 is 0 Å². The summed E-state index contributed by atoms with van der Waals surface area (Å²) in [6.07, 6.45) is 1.65. The maximum atomic E-state index is 4.44. The molecule has 122 valence electrons. The first-order valence-electron chi connectivity index (χ1n) is 8.25. The molecule has 0 unspecified atom stereocenters. The van der Waals surface area contributed by atoms with Gasteiger partial charge >= 0.3 is 0 Å². The molecule has 2 aromatic rings. The Hall–Kier alpha value is -2.14. The molecule has 0 bridgehead atoms. The lowest BCUT2D eigenvalue weighted by Crippen LogP contribution is -2.44. The van der Waals surface area contributed by atoms with Gasteiger partial charge in [0.05, 0.1) is 0 Å². The molecule has 1 N–H and O–H groups in total. The standard InChI is InChI=1S/C18H25N5/c1-14(2)15-6-4-5-7-16(15)21-17-12-18(20-13-19-17)23-10-8-22(3)9-11-23/h4-7,12-14H,8-11H2,1-3H3,(H,19,20,21). The lowest BCUT2D eigenvalue weighted by atomic mass is 10.0. The molecule has 0 saturated carbocycles. The Morgan fingerprint density at radius 2 is 1.78 bits per heavy atom. The number of benzene rings is 1. The van der Waals surface area contributed by atoms with E-state index in [1.54, 1.807) is 6.33 Å². The van der Waals surface area contributed by atoms with Gasteiger partial charge in [0.15, 0.2) is 0 Å². The maximum Gasteiger partial charge on any atom is 0.135 e. The second kappa shape index (κ2) is 6.96. The molecule has 2 heterocycles. The van der Waals surface area contributed by atoms with Gasteiger partial charge in [0.2, 0.25) is 0 Å². The van der Waals surface area contributed by atoms with Gasteiger partial charge in [0.25, 0.3) is 0 Å². The number of hydrogen-bond donors (Lipinski definition) is 1. The Morgan fingerprint density at radius 3 is 2.52 bits per heavy atom. The summed E-state index contributed by atoms with van der Waals surface area (Å²) in [5.41, 5.74) is 2.41. The molecule has 0 radical (unpaired) electrons. The molecule has 1 aromatic heterocycles. The molecule has 1 saturated heterocycles. The van der Waals surface area contributed by atoms with Crippen molar-refractivity contribution in [3.63, 3.8) is 0 Å². The van der Waals surface area contributed by atoms with Crippen LogP contribution in [-0.4, -0.2) is 48.1 Å². The number of nitrogens with one attached hydrogen (secondary N) is 1. The average Bonchev–Trinajstić information content (AvgIpc) is 2.56. The van der Waals surface area contributed by atoms with E-state index < -0.39 is 0 Å². The quantitative estimate of drug-likeness (QED) is 0.940. The van der Waals surface area contributed by atoms with Gasteiger partial charge < -0.3 is 15.1 Å². The summed E-state index contributed by atoms with van der Waals surface area (Å²) in [4.78, 5) is 13.5. The molecule has 1 fully saturated rings. The van der Waals surface area contributed by atoms with Crippen LogP contribution in [0.25, 0.3) is 0 Å². The minimum absolute atomic E-state index is 0.470. The van der Waals surface area contributed by atoms with Crippen molar-refractivity contribution in [1.29, 1.82) is 0 Å². The fourth-order valence-electron chi connectivity index (χ4n) is 2.88. The zero-order chi connectivity index (χ0) is 16.2. The highest BCUT2D eigenvalue weighted by Crippen LogP contribution is 2.27. The number of likely N-dealkylation sites (N-methyl/N-ethyl adjacent to an activating group) is 1. The fourth-order valence-corrected chi connectivity index (χ4v) is 2.88. The predicted octanol–water partition coefficient (Wildman–Crippen LogP) is 3.10. The number of anilines is 3. The average molecular weight is 311 g/mol. The molecule has 5 heteroatoms. The molecular formula is C18H25N5. The van der Waals surface area contributed by atoms with Gasteiger partial charge in [-0.3, -0.25) is 0 Å². The number of rotatable bonds is 4. The van der Waals surface area contributed by atoms with Crippen molar-refractivity contribution in [3.05, 3.63) is 42.2 Å². The van der Waals surface area contributed by atoms with Crippen LogP contribution < -0.4 is 10.2 Å². The Kier molecular flexibility index (Phi) is 4.76. The van der Waals surface area contributed by atoms with Crippen LogP contribution in [0.4, 0.5) is 17.3 Å². The van der Waals surface area contributed by atoms with Gasteiger partial charge in [0, 0.05) is 37.9 Å². The number of aromatic nitrogens is 2. The van der Waals surface area contributed by atoms with E-state index in [4.69, 9.17) is 0 Å². The first kappa shape index (κ1) is 15.7. The van der Waals surface area contributed by atoms with E-state index in [1.165, 1.54) is 5.56 Å². The molecular weight excluding hydrogens is 286 g/mol. The molecule has 0 amide bonds. The fraction of sp³-hybridized carbons (Fsp3) is 0.444. The van der Waals surface area contributed by atoms with E-state index in [0.717, 1.165) is 43.5 Å². The van der Waals surface area contributed by atoms with E-state index in [2.05, 4.69) is 70.2 Å². The van der Waals surface area contributed by atoms with Crippen LogP contribution in [-0.2, 0) is 0 Å². The van der Waals surface area contributed by atoms with Crippen molar-refractivity contribution in [2.24, 2.45) is 0 Å². The van der Waals surface area contributed by atoms with Crippen molar-refractivity contribution < 1.29 is 0 Å². The molecule has 5 nitrogen and oxygen atoms in total. The molecule has 3 rings (SSSR count). The molecule has 1 aliphatic rings. The molecule has 0 atom stereocenters. The summed E-state index contributed by atoms with van der Waals surface area (Å²) in [7, 11) is 2.16.